The van der Waals surface area contributed by atoms with E-state index in [0.29, 0.717) is 39.7 Å². The third-order valence-corrected chi connectivity index (χ3v) is 7.19. The standard InChI is InChI=1S/C27H35FN6O3S.3ClH/c1-5-34(6-2)13-12-31-25(36)22-16(3)20(32-17(22)4)15-21-24(35)23(26(37)30-11-10-29)27(38-21)33-19-9-7-8-18(28)14-19;;;/h7-9,14-15,32,35H,5-6,10-13,29H2,1-4H3,(H,30,37)(H,31,36);3*1H/b21-15+,33-27?;;;. The van der Waals surface area contributed by atoms with Gasteiger partial charge in [0, 0.05) is 37.6 Å². The van der Waals surface area contributed by atoms with Gasteiger partial charge in [0.25, 0.3) is 11.8 Å². The average Bonchev–Trinajstić information content (AvgIpc) is 3.34. The number of nitrogens with two attached hydrogens (primary N) is 1. The topological polar surface area (TPSA) is 136 Å². The van der Waals surface area contributed by atoms with Gasteiger partial charge < -0.3 is 31.4 Å². The number of likely N-dealkylation sites (N-methyl/N-ethyl adjacent to an activating group) is 1. The Balaban J connectivity index is 0.00000533. The lowest BCUT2D eigenvalue weighted by molar-refractivity contribution is -0.117. The van der Waals surface area contributed by atoms with Crippen LogP contribution >= 0.6 is 49.0 Å². The molecule has 2 heterocycles. The molecule has 1 aliphatic rings. The number of nitrogens with one attached hydrogen (secondary N) is 3. The summed E-state index contributed by atoms with van der Waals surface area (Å²) in [4.78, 5) is 36.0. The molecule has 14 heteroatoms. The minimum absolute atomic E-state index is 0. The van der Waals surface area contributed by atoms with Crippen LogP contribution in [0.3, 0.4) is 0 Å². The Morgan fingerprint density at radius 1 is 1.12 bits per heavy atom. The molecule has 0 aliphatic carbocycles. The minimum atomic E-state index is -0.535. The fraction of sp³-hybridized carbons (Fsp3) is 0.370. The number of carbonyl (C=O) groups excluding carboxylic acids is 2. The summed E-state index contributed by atoms with van der Waals surface area (Å²) in [5.74, 6) is -1.43. The molecule has 0 radical (unpaired) electrons. The van der Waals surface area contributed by atoms with Gasteiger partial charge in [0.05, 0.1) is 16.2 Å². The Morgan fingerprint density at radius 2 is 1.78 bits per heavy atom. The molecule has 0 fully saturated rings. The lowest BCUT2D eigenvalue weighted by Crippen LogP contribution is -2.35. The maximum atomic E-state index is 13.7. The Bertz CT molecular complexity index is 1300. The van der Waals surface area contributed by atoms with E-state index in [0.717, 1.165) is 31.4 Å². The SMILES string of the molecule is CCN(CC)CCNC(=O)c1c(C)[nH]c(/C=C2/SC(=Nc3cccc(F)c3)C(C(=O)NCCN)=C2O)c1C.Cl.Cl.Cl. The summed E-state index contributed by atoms with van der Waals surface area (Å²) in [7, 11) is 0. The second-order valence-corrected chi connectivity index (χ2v) is 9.75. The van der Waals surface area contributed by atoms with Gasteiger partial charge in [0.15, 0.2) is 0 Å². The molecule has 0 atom stereocenters. The third kappa shape index (κ3) is 9.76. The van der Waals surface area contributed by atoms with E-state index in [1.165, 1.54) is 18.2 Å². The summed E-state index contributed by atoms with van der Waals surface area (Å²) in [6, 6.07) is 5.66. The number of H-pyrrole nitrogens is 1. The maximum absolute atomic E-state index is 13.7. The first kappa shape index (κ1) is 38.5. The number of hydrogen-bond acceptors (Lipinski definition) is 7. The van der Waals surface area contributed by atoms with E-state index in [-0.39, 0.29) is 72.6 Å². The maximum Gasteiger partial charge on any atom is 0.257 e. The van der Waals surface area contributed by atoms with Crippen LogP contribution in [0.25, 0.3) is 6.08 Å². The van der Waals surface area contributed by atoms with Crippen molar-refractivity contribution in [3.8, 4) is 0 Å². The van der Waals surface area contributed by atoms with Crippen molar-refractivity contribution in [1.29, 1.82) is 0 Å². The number of carbonyl (C=O) groups is 2. The molecule has 0 unspecified atom stereocenters. The van der Waals surface area contributed by atoms with Crippen molar-refractivity contribution in [2.24, 2.45) is 10.7 Å². The number of thioether (sulfide) groups is 1. The van der Waals surface area contributed by atoms with Crippen LogP contribution in [-0.2, 0) is 4.79 Å². The van der Waals surface area contributed by atoms with Gasteiger partial charge in [-0.05, 0) is 56.8 Å². The minimum Gasteiger partial charge on any atom is -0.506 e. The fourth-order valence-electron chi connectivity index (χ4n) is 4.09. The van der Waals surface area contributed by atoms with Crippen molar-refractivity contribution >= 4 is 77.6 Å². The van der Waals surface area contributed by atoms with E-state index in [2.05, 4.69) is 39.4 Å². The molecule has 0 bridgehead atoms. The Kier molecular flexibility index (Phi) is 17.0. The van der Waals surface area contributed by atoms with E-state index in [1.807, 2.05) is 13.8 Å². The number of aliphatic hydroxyl groups is 1. The predicted molar refractivity (Wildman–Crippen MR) is 173 cm³/mol. The Labute approximate surface area is 262 Å². The van der Waals surface area contributed by atoms with Crippen molar-refractivity contribution in [2.45, 2.75) is 27.7 Å². The lowest BCUT2D eigenvalue weighted by atomic mass is 10.1. The molecule has 3 rings (SSSR count). The molecule has 2 amide bonds. The van der Waals surface area contributed by atoms with Crippen molar-refractivity contribution in [3.63, 3.8) is 0 Å². The van der Waals surface area contributed by atoms with Gasteiger partial charge in [-0.2, -0.15) is 0 Å². The largest absolute Gasteiger partial charge is 0.506 e. The molecule has 6 N–H and O–H groups in total. The smallest absolute Gasteiger partial charge is 0.257 e. The van der Waals surface area contributed by atoms with Crippen LogP contribution in [0.2, 0.25) is 0 Å². The first-order valence-corrected chi connectivity index (χ1v) is 13.4. The zero-order valence-electron chi connectivity index (χ0n) is 23.4. The molecule has 9 nitrogen and oxygen atoms in total. The summed E-state index contributed by atoms with van der Waals surface area (Å²) >= 11 is 1.08. The van der Waals surface area contributed by atoms with Crippen LogP contribution in [0.4, 0.5) is 10.1 Å². The summed E-state index contributed by atoms with van der Waals surface area (Å²) in [5.41, 5.74) is 8.37. The monoisotopic (exact) mass is 650 g/mol. The molecule has 41 heavy (non-hydrogen) atoms. The molecule has 0 spiro atoms. The van der Waals surface area contributed by atoms with Gasteiger partial charge in [-0.25, -0.2) is 9.38 Å². The van der Waals surface area contributed by atoms with Crippen molar-refractivity contribution in [2.75, 3.05) is 39.3 Å². The van der Waals surface area contributed by atoms with Gasteiger partial charge >= 0.3 is 0 Å². The van der Waals surface area contributed by atoms with Crippen molar-refractivity contribution < 1.29 is 19.1 Å². The number of halogens is 4. The zero-order valence-corrected chi connectivity index (χ0v) is 26.6. The highest BCUT2D eigenvalue weighted by atomic mass is 35.5. The molecule has 228 valence electrons. The third-order valence-electron chi connectivity index (χ3n) is 6.17. The number of aliphatic hydroxyl groups excluding tert-OH is 1. The summed E-state index contributed by atoms with van der Waals surface area (Å²) in [5, 5.41) is 16.9. The second-order valence-electron chi connectivity index (χ2n) is 8.72. The normalized spacial score (nSPS) is 14.5. The Morgan fingerprint density at radius 3 is 2.39 bits per heavy atom. The van der Waals surface area contributed by atoms with E-state index in [1.54, 1.807) is 12.1 Å². The number of aryl methyl sites for hydroxylation is 1. The molecule has 0 saturated carbocycles. The summed E-state index contributed by atoms with van der Waals surface area (Å²) in [6.07, 6.45) is 1.68. The lowest BCUT2D eigenvalue weighted by Gasteiger charge is -2.18. The molecular weight excluding hydrogens is 614 g/mol. The number of benzene rings is 1. The van der Waals surface area contributed by atoms with Gasteiger partial charge in [-0.15, -0.1) is 37.2 Å². The van der Waals surface area contributed by atoms with Gasteiger partial charge in [-0.3, -0.25) is 9.59 Å². The Hall–Kier alpha value is -2.54. The molecular formula is C27H38Cl3FN6O3S. The van der Waals surface area contributed by atoms with Crippen LogP contribution in [0.5, 0.6) is 0 Å². The summed E-state index contributed by atoms with van der Waals surface area (Å²) < 4.78 is 13.7. The highest BCUT2D eigenvalue weighted by Crippen LogP contribution is 2.40. The van der Waals surface area contributed by atoms with Gasteiger partial charge in [-0.1, -0.05) is 31.7 Å². The van der Waals surface area contributed by atoms with E-state index in [9.17, 15) is 19.1 Å². The van der Waals surface area contributed by atoms with Gasteiger partial charge in [0.1, 0.15) is 22.2 Å². The van der Waals surface area contributed by atoms with E-state index in [4.69, 9.17) is 5.73 Å². The molecule has 2 aromatic rings. The predicted octanol–water partition coefficient (Wildman–Crippen LogP) is 4.81. The second kappa shape index (κ2) is 18.1. The highest BCUT2D eigenvalue weighted by molar-refractivity contribution is 8.18. The van der Waals surface area contributed by atoms with E-state index >= 15 is 0 Å². The number of nitrogens with zero attached hydrogens (tertiary/aromatic N) is 2. The first-order chi connectivity index (χ1) is 18.2. The quantitative estimate of drug-likeness (QED) is 0.237. The summed E-state index contributed by atoms with van der Waals surface area (Å²) in [6.45, 7) is 11.4. The molecule has 1 aromatic carbocycles. The first-order valence-electron chi connectivity index (χ1n) is 12.6. The fourth-order valence-corrected chi connectivity index (χ4v) is 5.12. The van der Waals surface area contributed by atoms with E-state index < -0.39 is 11.7 Å². The van der Waals surface area contributed by atoms with Gasteiger partial charge in [0.2, 0.25) is 0 Å². The highest BCUT2D eigenvalue weighted by Gasteiger charge is 2.32. The number of rotatable bonds is 11. The number of aromatic nitrogens is 1. The number of aromatic amines is 1. The number of amides is 2. The van der Waals surface area contributed by atoms with Crippen LogP contribution in [-0.4, -0.2) is 71.1 Å². The average molecular weight is 652 g/mol. The number of hydrogen-bond donors (Lipinski definition) is 5. The number of aliphatic imine (C=N–C) groups is 1. The van der Waals surface area contributed by atoms with Crippen molar-refractivity contribution in [1.82, 2.24) is 20.5 Å². The van der Waals surface area contributed by atoms with Crippen LogP contribution < -0.4 is 16.4 Å². The zero-order chi connectivity index (χ0) is 27.8. The molecule has 1 aromatic heterocycles. The molecule has 1 aliphatic heterocycles. The van der Waals surface area contributed by atoms with Crippen molar-refractivity contribution in [3.05, 3.63) is 68.8 Å². The van der Waals surface area contributed by atoms with Crippen LogP contribution in [0.15, 0.2) is 45.5 Å². The van der Waals surface area contributed by atoms with Crippen LogP contribution in [0, 0.1) is 19.7 Å². The van der Waals surface area contributed by atoms with Crippen LogP contribution in [0.1, 0.15) is 41.2 Å². The molecule has 0 saturated heterocycles.